The first-order valence-corrected chi connectivity index (χ1v) is 9.26. The predicted octanol–water partition coefficient (Wildman–Crippen LogP) is 3.92. The third kappa shape index (κ3) is 3.45. The summed E-state index contributed by atoms with van der Waals surface area (Å²) in [4.78, 5) is 4.87. The normalized spacial score (nSPS) is 16.6. The maximum Gasteiger partial charge on any atom is 0.139 e. The molecular weight excluding hydrogens is 342 g/mol. The fraction of sp³-hybridized carbons (Fsp3) is 0.381. The fourth-order valence-electron chi connectivity index (χ4n) is 3.52. The zero-order valence-electron chi connectivity index (χ0n) is 16.0. The summed E-state index contributed by atoms with van der Waals surface area (Å²) in [6, 6.07) is 9.91. The van der Waals surface area contributed by atoms with Crippen molar-refractivity contribution < 1.29 is 14.2 Å². The summed E-state index contributed by atoms with van der Waals surface area (Å²) < 4.78 is 18.8. The van der Waals surface area contributed by atoms with Gasteiger partial charge in [0.1, 0.15) is 28.7 Å². The minimum atomic E-state index is 0.242. The first kappa shape index (κ1) is 17.7. The molecule has 0 amide bonds. The van der Waals surface area contributed by atoms with Crippen LogP contribution in [0.5, 0.6) is 11.5 Å². The number of aryl methyl sites for hydroxylation is 1. The maximum atomic E-state index is 5.77. The van der Waals surface area contributed by atoms with Crippen LogP contribution in [0.4, 0.5) is 5.82 Å². The van der Waals surface area contributed by atoms with E-state index in [1.807, 2.05) is 24.3 Å². The van der Waals surface area contributed by atoms with Gasteiger partial charge in [-0.1, -0.05) is 6.07 Å². The highest BCUT2D eigenvalue weighted by Crippen LogP contribution is 2.37. The van der Waals surface area contributed by atoms with Crippen LogP contribution in [0.3, 0.4) is 0 Å². The van der Waals surface area contributed by atoms with Crippen molar-refractivity contribution in [2.75, 3.05) is 32.7 Å². The lowest BCUT2D eigenvalue weighted by molar-refractivity contribution is 0.120. The smallest absolute Gasteiger partial charge is 0.139 e. The van der Waals surface area contributed by atoms with E-state index >= 15 is 0 Å². The molecule has 3 heterocycles. The molecule has 1 N–H and O–H groups in total. The van der Waals surface area contributed by atoms with E-state index in [4.69, 9.17) is 19.2 Å². The number of benzene rings is 1. The number of aromatic nitrogens is 2. The largest absolute Gasteiger partial charge is 0.497 e. The van der Waals surface area contributed by atoms with Gasteiger partial charge in [0, 0.05) is 31.0 Å². The fourth-order valence-corrected chi connectivity index (χ4v) is 3.52. The molecule has 27 heavy (non-hydrogen) atoms. The van der Waals surface area contributed by atoms with Crippen LogP contribution in [0.25, 0.3) is 16.9 Å². The van der Waals surface area contributed by atoms with Gasteiger partial charge in [-0.2, -0.15) is 0 Å². The second kappa shape index (κ2) is 7.48. The van der Waals surface area contributed by atoms with Crippen molar-refractivity contribution in [3.8, 4) is 22.8 Å². The topological polar surface area (TPSA) is 57.0 Å². The molecule has 1 unspecified atom stereocenters. The van der Waals surface area contributed by atoms with E-state index in [1.165, 1.54) is 5.56 Å². The number of hydrogen-bond donors (Lipinski definition) is 1. The van der Waals surface area contributed by atoms with Crippen molar-refractivity contribution in [1.82, 2.24) is 9.38 Å². The highest BCUT2D eigenvalue weighted by molar-refractivity contribution is 5.81. The van der Waals surface area contributed by atoms with Gasteiger partial charge < -0.3 is 19.5 Å². The van der Waals surface area contributed by atoms with Gasteiger partial charge in [-0.3, -0.25) is 4.40 Å². The molecule has 1 aliphatic heterocycles. The number of anilines is 1. The molecule has 142 valence electrons. The molecular formula is C21H25N3O3. The van der Waals surface area contributed by atoms with Crippen molar-refractivity contribution in [2.24, 2.45) is 0 Å². The Morgan fingerprint density at radius 3 is 2.85 bits per heavy atom. The Labute approximate surface area is 159 Å². The maximum absolute atomic E-state index is 5.77. The second-order valence-corrected chi connectivity index (χ2v) is 6.83. The Balaban J connectivity index is 1.80. The lowest BCUT2D eigenvalue weighted by Gasteiger charge is -2.15. The van der Waals surface area contributed by atoms with Crippen LogP contribution >= 0.6 is 0 Å². The standard InChI is InChI=1S/C21H25N3O3/c1-14-6-9-19-23-20(17-8-7-15(25-2)11-18(17)26-3)21(24(19)13-14)22-12-16-5-4-10-27-16/h6-9,11,13,16,22H,4-5,10,12H2,1-3H3. The van der Waals surface area contributed by atoms with Crippen LogP contribution in [0.1, 0.15) is 18.4 Å². The predicted molar refractivity (Wildman–Crippen MR) is 106 cm³/mol. The van der Waals surface area contributed by atoms with Gasteiger partial charge in [0.05, 0.1) is 20.3 Å². The monoisotopic (exact) mass is 367 g/mol. The highest BCUT2D eigenvalue weighted by Gasteiger charge is 2.21. The van der Waals surface area contributed by atoms with Crippen LogP contribution in [0.2, 0.25) is 0 Å². The summed E-state index contributed by atoms with van der Waals surface area (Å²) in [6.45, 7) is 3.68. The highest BCUT2D eigenvalue weighted by atomic mass is 16.5. The summed E-state index contributed by atoms with van der Waals surface area (Å²) >= 11 is 0. The number of rotatable bonds is 6. The number of ether oxygens (including phenoxy) is 3. The average molecular weight is 367 g/mol. The Morgan fingerprint density at radius 1 is 1.22 bits per heavy atom. The van der Waals surface area contributed by atoms with Crippen LogP contribution in [-0.4, -0.2) is 42.9 Å². The van der Waals surface area contributed by atoms with Crippen LogP contribution < -0.4 is 14.8 Å². The first-order chi connectivity index (χ1) is 13.2. The molecule has 0 aliphatic carbocycles. The molecule has 1 atom stereocenters. The molecule has 0 spiro atoms. The third-order valence-electron chi connectivity index (χ3n) is 4.95. The number of methoxy groups -OCH3 is 2. The minimum absolute atomic E-state index is 0.242. The van der Waals surface area contributed by atoms with E-state index in [-0.39, 0.29) is 6.10 Å². The number of nitrogens with one attached hydrogen (secondary N) is 1. The van der Waals surface area contributed by atoms with Gasteiger partial charge in [0.2, 0.25) is 0 Å². The molecule has 6 heteroatoms. The molecule has 1 saturated heterocycles. The Hall–Kier alpha value is -2.73. The Kier molecular flexibility index (Phi) is 4.90. The van der Waals surface area contributed by atoms with E-state index in [1.54, 1.807) is 14.2 Å². The third-order valence-corrected chi connectivity index (χ3v) is 4.95. The SMILES string of the molecule is COc1ccc(-c2nc3ccc(C)cn3c2NCC2CCCO2)c(OC)c1. The van der Waals surface area contributed by atoms with Crippen molar-refractivity contribution in [3.63, 3.8) is 0 Å². The van der Waals surface area contributed by atoms with E-state index in [0.29, 0.717) is 0 Å². The van der Waals surface area contributed by atoms with Gasteiger partial charge >= 0.3 is 0 Å². The van der Waals surface area contributed by atoms with Crippen molar-refractivity contribution in [3.05, 3.63) is 42.1 Å². The lowest BCUT2D eigenvalue weighted by Crippen LogP contribution is -2.19. The molecule has 3 aromatic rings. The molecule has 0 saturated carbocycles. The Bertz CT molecular complexity index is 945. The number of pyridine rings is 1. The van der Waals surface area contributed by atoms with Crippen LogP contribution in [0.15, 0.2) is 36.5 Å². The average Bonchev–Trinajstić information content (AvgIpc) is 3.33. The molecule has 0 bridgehead atoms. The van der Waals surface area contributed by atoms with Gasteiger partial charge in [0.15, 0.2) is 0 Å². The quantitative estimate of drug-likeness (QED) is 0.716. The van der Waals surface area contributed by atoms with Crippen molar-refractivity contribution >= 4 is 11.5 Å². The summed E-state index contributed by atoms with van der Waals surface area (Å²) in [5, 5.41) is 3.57. The Morgan fingerprint density at radius 2 is 2.11 bits per heavy atom. The zero-order chi connectivity index (χ0) is 18.8. The number of imidazole rings is 1. The van der Waals surface area contributed by atoms with Crippen LogP contribution in [-0.2, 0) is 4.74 Å². The summed E-state index contributed by atoms with van der Waals surface area (Å²) in [7, 11) is 3.31. The molecule has 1 aliphatic rings. The zero-order valence-corrected chi connectivity index (χ0v) is 16.0. The second-order valence-electron chi connectivity index (χ2n) is 6.83. The van der Waals surface area contributed by atoms with E-state index in [2.05, 4.69) is 28.9 Å². The van der Waals surface area contributed by atoms with E-state index in [9.17, 15) is 0 Å². The van der Waals surface area contributed by atoms with Gasteiger partial charge in [-0.25, -0.2) is 4.98 Å². The van der Waals surface area contributed by atoms with Gasteiger partial charge in [0.25, 0.3) is 0 Å². The molecule has 0 radical (unpaired) electrons. The molecule has 2 aromatic heterocycles. The lowest BCUT2D eigenvalue weighted by atomic mass is 10.1. The van der Waals surface area contributed by atoms with Gasteiger partial charge in [-0.15, -0.1) is 0 Å². The number of nitrogens with zero attached hydrogens (tertiary/aromatic N) is 2. The summed E-state index contributed by atoms with van der Waals surface area (Å²) in [5.74, 6) is 2.44. The minimum Gasteiger partial charge on any atom is -0.497 e. The molecule has 1 fully saturated rings. The van der Waals surface area contributed by atoms with Crippen molar-refractivity contribution in [1.29, 1.82) is 0 Å². The van der Waals surface area contributed by atoms with E-state index < -0.39 is 0 Å². The number of hydrogen-bond acceptors (Lipinski definition) is 5. The summed E-state index contributed by atoms with van der Waals surface area (Å²) in [5.41, 5.74) is 3.85. The molecule has 1 aromatic carbocycles. The van der Waals surface area contributed by atoms with Crippen molar-refractivity contribution in [2.45, 2.75) is 25.9 Å². The molecule has 4 rings (SSSR count). The van der Waals surface area contributed by atoms with Crippen LogP contribution in [0, 0.1) is 6.92 Å². The van der Waals surface area contributed by atoms with Gasteiger partial charge in [-0.05, 0) is 43.5 Å². The molecule has 6 nitrogen and oxygen atoms in total. The first-order valence-electron chi connectivity index (χ1n) is 9.26. The summed E-state index contributed by atoms with van der Waals surface area (Å²) in [6.07, 6.45) is 4.55. The number of fused-ring (bicyclic) bond motifs is 1. The van der Waals surface area contributed by atoms with E-state index in [0.717, 1.165) is 60.2 Å².